The van der Waals surface area contributed by atoms with Gasteiger partial charge in [-0.15, -0.1) is 0 Å². The molecule has 0 N–H and O–H groups in total. The molecule has 0 spiro atoms. The van der Waals surface area contributed by atoms with E-state index < -0.39 is 0 Å². The van der Waals surface area contributed by atoms with Crippen LogP contribution in [-0.2, 0) is 0 Å². The van der Waals surface area contributed by atoms with Gasteiger partial charge in [0.1, 0.15) is 11.4 Å². The molecule has 0 saturated heterocycles. The second-order valence-corrected chi connectivity index (χ2v) is 8.99. The molecule has 0 aliphatic rings. The number of carbonyl (C=O) groups excluding carboxylic acids is 2. The Labute approximate surface area is 233 Å². The Morgan fingerprint density at radius 2 is 0.825 bits per heavy atom. The summed E-state index contributed by atoms with van der Waals surface area (Å²) in [4.78, 5) is 44.1. The van der Waals surface area contributed by atoms with Gasteiger partial charge in [-0.05, 0) is 74.5 Å². The lowest BCUT2D eigenvalue weighted by Gasteiger charge is -2.21. The predicted molar refractivity (Wildman–Crippen MR) is 158 cm³/mol. The summed E-state index contributed by atoms with van der Waals surface area (Å²) in [7, 11) is 0. The van der Waals surface area contributed by atoms with Crippen molar-refractivity contribution in [1.82, 2.24) is 15.0 Å². The zero-order chi connectivity index (χ0) is 27.9. The second-order valence-electron chi connectivity index (χ2n) is 8.99. The van der Waals surface area contributed by atoms with E-state index in [2.05, 4.69) is 9.97 Å². The maximum Gasteiger partial charge on any atom is 0.276 e. The van der Waals surface area contributed by atoms with Crippen LogP contribution in [0.25, 0.3) is 22.8 Å². The molecule has 0 unspecified atom stereocenters. The zero-order valence-electron chi connectivity index (χ0n) is 22.4. The van der Waals surface area contributed by atoms with Gasteiger partial charge < -0.3 is 9.80 Å². The van der Waals surface area contributed by atoms with Gasteiger partial charge in [-0.25, -0.2) is 15.0 Å². The Morgan fingerprint density at radius 1 is 0.475 bits per heavy atom. The second kappa shape index (κ2) is 12.1. The average molecular weight is 528 g/mol. The predicted octanol–water partition coefficient (Wildman–Crippen LogP) is 6.54. The van der Waals surface area contributed by atoms with E-state index in [1.165, 1.54) is 0 Å². The molecule has 2 aromatic carbocycles. The van der Waals surface area contributed by atoms with Crippen molar-refractivity contribution < 1.29 is 9.59 Å². The first-order valence-electron chi connectivity index (χ1n) is 13.2. The highest BCUT2D eigenvalue weighted by Gasteiger charge is 2.20. The molecule has 3 heterocycles. The maximum absolute atomic E-state index is 13.3. The minimum Gasteiger partial charge on any atom is -0.307 e. The van der Waals surface area contributed by atoms with Gasteiger partial charge in [-0.2, -0.15) is 0 Å². The normalized spacial score (nSPS) is 10.7. The van der Waals surface area contributed by atoms with E-state index in [1.807, 2.05) is 117 Å². The molecule has 0 fully saturated rings. The number of aromatic nitrogens is 3. The maximum atomic E-state index is 13.3. The molecule has 0 bridgehead atoms. The van der Waals surface area contributed by atoms with Crippen molar-refractivity contribution in [1.29, 1.82) is 0 Å². The van der Waals surface area contributed by atoms with Crippen molar-refractivity contribution in [3.8, 4) is 22.8 Å². The van der Waals surface area contributed by atoms with Gasteiger partial charge in [-0.1, -0.05) is 54.6 Å². The van der Waals surface area contributed by atoms with E-state index >= 15 is 0 Å². The number of rotatable bonds is 8. The van der Waals surface area contributed by atoms with E-state index in [9.17, 15) is 9.59 Å². The monoisotopic (exact) mass is 527 g/mol. The first-order valence-corrected chi connectivity index (χ1v) is 13.2. The quantitative estimate of drug-likeness (QED) is 0.229. The van der Waals surface area contributed by atoms with Crippen molar-refractivity contribution >= 4 is 23.2 Å². The fraction of sp³-hybridized carbons (Fsp3) is 0.121. The van der Waals surface area contributed by atoms with E-state index in [0.29, 0.717) is 47.3 Å². The zero-order valence-corrected chi connectivity index (χ0v) is 22.4. The van der Waals surface area contributed by atoms with E-state index in [-0.39, 0.29) is 11.8 Å². The van der Waals surface area contributed by atoms with Crippen molar-refractivity contribution in [3.63, 3.8) is 0 Å². The summed E-state index contributed by atoms with van der Waals surface area (Å²) in [5.41, 5.74) is 4.66. The van der Waals surface area contributed by atoms with Gasteiger partial charge in [0.25, 0.3) is 11.8 Å². The lowest BCUT2D eigenvalue weighted by molar-refractivity contribution is 0.0976. The first kappa shape index (κ1) is 26.4. The first-order chi connectivity index (χ1) is 19.6. The highest BCUT2D eigenvalue weighted by molar-refractivity contribution is 6.05. The van der Waals surface area contributed by atoms with Crippen molar-refractivity contribution in [3.05, 3.63) is 127 Å². The smallest absolute Gasteiger partial charge is 0.276 e. The number of para-hydroxylation sites is 2. The van der Waals surface area contributed by atoms with Crippen LogP contribution in [0.3, 0.4) is 0 Å². The topological polar surface area (TPSA) is 79.3 Å². The summed E-state index contributed by atoms with van der Waals surface area (Å²) in [5, 5.41) is 0. The minimum atomic E-state index is -0.182. The third-order valence-electron chi connectivity index (χ3n) is 6.47. The van der Waals surface area contributed by atoms with Gasteiger partial charge in [0, 0.05) is 24.5 Å². The van der Waals surface area contributed by atoms with Crippen LogP contribution >= 0.6 is 0 Å². The molecular formula is C33H29N5O2. The number of benzene rings is 2. The number of nitrogens with zero attached hydrogens (tertiary/aromatic N) is 5. The molecule has 5 rings (SSSR count). The molecule has 7 heteroatoms. The van der Waals surface area contributed by atoms with Crippen LogP contribution in [0.4, 0.5) is 11.4 Å². The van der Waals surface area contributed by atoms with E-state index in [0.717, 1.165) is 11.4 Å². The van der Waals surface area contributed by atoms with Crippen LogP contribution in [0, 0.1) is 0 Å². The highest BCUT2D eigenvalue weighted by atomic mass is 16.2. The summed E-state index contributed by atoms with van der Waals surface area (Å²) in [5.74, 6) is -0.364. The fourth-order valence-electron chi connectivity index (χ4n) is 4.49. The molecule has 3 aromatic heterocycles. The Bertz CT molecular complexity index is 1500. The van der Waals surface area contributed by atoms with Crippen LogP contribution in [0.1, 0.15) is 34.8 Å². The number of pyridine rings is 3. The van der Waals surface area contributed by atoms with Crippen LogP contribution in [0.15, 0.2) is 115 Å². The number of carbonyl (C=O) groups is 2. The van der Waals surface area contributed by atoms with Crippen LogP contribution in [-0.4, -0.2) is 39.9 Å². The number of anilines is 2. The summed E-state index contributed by atoms with van der Waals surface area (Å²) in [6, 6.07) is 35.3. The van der Waals surface area contributed by atoms with E-state index in [4.69, 9.17) is 4.98 Å². The molecule has 7 nitrogen and oxygen atoms in total. The van der Waals surface area contributed by atoms with Gasteiger partial charge in [0.05, 0.1) is 22.8 Å². The van der Waals surface area contributed by atoms with Crippen molar-refractivity contribution in [2.75, 3.05) is 22.9 Å². The molecule has 0 aliphatic carbocycles. The SMILES string of the molecule is CCN(C(=O)c1cccc(-c2cccc(-c3cccc(C(=O)N(CC)c4ccccc4)n3)n2)n1)c1ccccc1. The third-order valence-corrected chi connectivity index (χ3v) is 6.47. The molecule has 40 heavy (non-hydrogen) atoms. The molecule has 0 aliphatic heterocycles. The van der Waals surface area contributed by atoms with Crippen molar-refractivity contribution in [2.24, 2.45) is 0 Å². The van der Waals surface area contributed by atoms with Gasteiger partial charge >= 0.3 is 0 Å². The molecule has 0 atom stereocenters. The van der Waals surface area contributed by atoms with Crippen LogP contribution in [0.2, 0.25) is 0 Å². The standard InChI is InChI=1S/C33H29N5O2/c1-3-37(24-14-7-5-8-15-24)32(39)30-22-12-20-28(35-30)26-18-11-19-27(34-26)29-21-13-23-31(36-29)33(40)38(4-2)25-16-9-6-10-17-25/h5-23H,3-4H2,1-2H3. The minimum absolute atomic E-state index is 0.182. The fourth-order valence-corrected chi connectivity index (χ4v) is 4.49. The molecule has 2 amide bonds. The molecule has 198 valence electrons. The molecule has 5 aromatic rings. The number of hydrogen-bond acceptors (Lipinski definition) is 5. The third kappa shape index (κ3) is 5.63. The van der Waals surface area contributed by atoms with Gasteiger partial charge in [0.15, 0.2) is 0 Å². The summed E-state index contributed by atoms with van der Waals surface area (Å²) >= 11 is 0. The molecule has 0 radical (unpaired) electrons. The summed E-state index contributed by atoms with van der Waals surface area (Å²) < 4.78 is 0. The van der Waals surface area contributed by atoms with E-state index in [1.54, 1.807) is 21.9 Å². The van der Waals surface area contributed by atoms with Crippen LogP contribution in [0.5, 0.6) is 0 Å². The largest absolute Gasteiger partial charge is 0.307 e. The molecule has 0 saturated carbocycles. The van der Waals surface area contributed by atoms with Gasteiger partial charge in [-0.3, -0.25) is 9.59 Å². The highest BCUT2D eigenvalue weighted by Crippen LogP contribution is 2.23. The summed E-state index contributed by atoms with van der Waals surface area (Å²) in [6.07, 6.45) is 0. The Balaban J connectivity index is 1.42. The number of amides is 2. The lowest BCUT2D eigenvalue weighted by Crippen LogP contribution is -2.31. The Morgan fingerprint density at radius 3 is 1.20 bits per heavy atom. The Hall–Kier alpha value is -5.17. The summed E-state index contributed by atoms with van der Waals surface area (Å²) in [6.45, 7) is 4.91. The van der Waals surface area contributed by atoms with Crippen LogP contribution < -0.4 is 9.80 Å². The Kier molecular flexibility index (Phi) is 8.02. The molecular weight excluding hydrogens is 498 g/mol. The lowest BCUT2D eigenvalue weighted by atomic mass is 10.1. The number of hydrogen-bond donors (Lipinski definition) is 0. The van der Waals surface area contributed by atoms with Crippen molar-refractivity contribution in [2.45, 2.75) is 13.8 Å². The average Bonchev–Trinajstić information content (AvgIpc) is 3.03. The van der Waals surface area contributed by atoms with Gasteiger partial charge in [0.2, 0.25) is 0 Å².